The SMILES string of the molecule is CC(C)[n+]1ccn(P(C(C)(C)C)C(C)(C)C)c1.O=S(=O)([O-])C(F)(F)F. The first-order chi connectivity index (χ1) is 10.8. The molecule has 10 heteroatoms. The minimum atomic E-state index is -6.09. The van der Waals surface area contributed by atoms with Gasteiger partial charge in [-0.3, -0.25) is 0 Å². The summed E-state index contributed by atoms with van der Waals surface area (Å²) >= 11 is 0. The molecule has 0 bridgehead atoms. The van der Waals surface area contributed by atoms with Crippen molar-refractivity contribution < 1.29 is 30.7 Å². The number of imidazole rings is 1. The van der Waals surface area contributed by atoms with Crippen LogP contribution in [0.15, 0.2) is 18.7 Å². The van der Waals surface area contributed by atoms with Crippen LogP contribution in [0.2, 0.25) is 0 Å². The van der Waals surface area contributed by atoms with Crippen molar-refractivity contribution in [1.29, 1.82) is 0 Å². The second-order valence-electron chi connectivity index (χ2n) is 7.89. The van der Waals surface area contributed by atoms with E-state index in [9.17, 15) is 13.2 Å². The largest absolute Gasteiger partial charge is 0.741 e. The molecule has 0 aliphatic carbocycles. The van der Waals surface area contributed by atoms with Crippen LogP contribution in [0.25, 0.3) is 0 Å². The molecule has 0 radical (unpaired) electrons. The van der Waals surface area contributed by atoms with E-state index in [4.69, 9.17) is 13.0 Å². The molecule has 0 atom stereocenters. The highest BCUT2D eigenvalue weighted by Gasteiger charge is 2.41. The Morgan fingerprint density at radius 2 is 1.40 bits per heavy atom. The lowest BCUT2D eigenvalue weighted by Gasteiger charge is -2.36. The summed E-state index contributed by atoms with van der Waals surface area (Å²) < 4.78 is 63.6. The summed E-state index contributed by atoms with van der Waals surface area (Å²) in [5.74, 6) is 0. The highest BCUT2D eigenvalue weighted by atomic mass is 32.2. The average molecular weight is 404 g/mol. The van der Waals surface area contributed by atoms with Crippen LogP contribution in [0.4, 0.5) is 13.2 Å². The van der Waals surface area contributed by atoms with Crippen LogP contribution in [0.3, 0.4) is 0 Å². The van der Waals surface area contributed by atoms with E-state index in [1.807, 2.05) is 0 Å². The minimum absolute atomic E-state index is 0.246. The van der Waals surface area contributed by atoms with Crippen molar-refractivity contribution in [2.24, 2.45) is 0 Å². The summed E-state index contributed by atoms with van der Waals surface area (Å²) in [5, 5.41) is 0.642. The van der Waals surface area contributed by atoms with Gasteiger partial charge < -0.3 is 4.55 Å². The smallest absolute Gasteiger partial charge is 0.485 e. The van der Waals surface area contributed by atoms with Crippen LogP contribution in [0.5, 0.6) is 0 Å². The van der Waals surface area contributed by atoms with Gasteiger partial charge in [-0.05, 0) is 13.8 Å². The van der Waals surface area contributed by atoms with Crippen molar-refractivity contribution in [3.8, 4) is 0 Å². The summed E-state index contributed by atoms with van der Waals surface area (Å²) in [6, 6.07) is 0.535. The third-order valence-corrected chi connectivity index (χ3v) is 6.83. The first-order valence-corrected chi connectivity index (χ1v) is 10.4. The Morgan fingerprint density at radius 3 is 1.60 bits per heavy atom. The fourth-order valence-corrected chi connectivity index (χ4v) is 6.30. The summed E-state index contributed by atoms with van der Waals surface area (Å²) in [6.45, 7) is 18.6. The van der Waals surface area contributed by atoms with Crippen molar-refractivity contribution in [3.63, 3.8) is 0 Å². The fourth-order valence-electron chi connectivity index (χ4n) is 2.48. The first-order valence-electron chi connectivity index (χ1n) is 7.70. The second-order valence-corrected chi connectivity index (χ2v) is 13.0. The quantitative estimate of drug-likeness (QED) is 0.320. The number of rotatable bonds is 2. The Hall–Kier alpha value is -0.660. The van der Waals surface area contributed by atoms with E-state index < -0.39 is 15.6 Å². The molecule has 0 aliphatic rings. The molecule has 25 heavy (non-hydrogen) atoms. The Balaban J connectivity index is 0.000000609. The van der Waals surface area contributed by atoms with Crippen LogP contribution in [0.1, 0.15) is 61.4 Å². The summed E-state index contributed by atoms with van der Waals surface area (Å²) in [5.41, 5.74) is -5.65. The van der Waals surface area contributed by atoms with E-state index in [1.165, 1.54) is 0 Å². The van der Waals surface area contributed by atoms with Crippen molar-refractivity contribution in [2.45, 2.75) is 77.3 Å². The average Bonchev–Trinajstić information content (AvgIpc) is 2.71. The maximum atomic E-state index is 10.7. The molecule has 0 amide bonds. The third-order valence-electron chi connectivity index (χ3n) is 3.02. The van der Waals surface area contributed by atoms with Gasteiger partial charge in [0.15, 0.2) is 10.1 Å². The second kappa shape index (κ2) is 7.92. The van der Waals surface area contributed by atoms with Crippen molar-refractivity contribution >= 4 is 18.2 Å². The molecular formula is C15H28F3N2O3PS. The van der Waals surface area contributed by atoms with Crippen molar-refractivity contribution in [2.75, 3.05) is 0 Å². The van der Waals surface area contributed by atoms with Gasteiger partial charge in [0.05, 0.1) is 6.04 Å². The fraction of sp³-hybridized carbons (Fsp3) is 0.800. The third kappa shape index (κ3) is 7.62. The van der Waals surface area contributed by atoms with Gasteiger partial charge >= 0.3 is 5.51 Å². The molecule has 1 heterocycles. The maximum absolute atomic E-state index is 10.7. The number of halogens is 3. The molecule has 0 spiro atoms. The number of hydrogen-bond acceptors (Lipinski definition) is 3. The monoisotopic (exact) mass is 404 g/mol. The number of alkyl halides is 3. The van der Waals surface area contributed by atoms with Crippen LogP contribution < -0.4 is 4.57 Å². The zero-order chi connectivity index (χ0) is 20.4. The Kier molecular flexibility index (Phi) is 7.72. The molecule has 148 valence electrons. The van der Waals surface area contributed by atoms with E-state index in [2.05, 4.69) is 83.0 Å². The molecule has 0 saturated heterocycles. The molecule has 0 aliphatic heterocycles. The highest BCUT2D eigenvalue weighted by molar-refractivity contribution is 7.86. The Morgan fingerprint density at radius 1 is 1.04 bits per heavy atom. The van der Waals surface area contributed by atoms with Gasteiger partial charge in [-0.1, -0.05) is 41.5 Å². The summed E-state index contributed by atoms with van der Waals surface area (Å²) in [7, 11) is -6.34. The van der Waals surface area contributed by atoms with Gasteiger partial charge in [-0.2, -0.15) is 13.2 Å². The van der Waals surface area contributed by atoms with Crippen LogP contribution in [0, 0.1) is 0 Å². The highest BCUT2D eigenvalue weighted by Crippen LogP contribution is 2.59. The van der Waals surface area contributed by atoms with E-state index in [-0.39, 0.29) is 8.07 Å². The molecule has 0 aromatic carbocycles. The lowest BCUT2D eigenvalue weighted by Crippen LogP contribution is -2.34. The van der Waals surface area contributed by atoms with Gasteiger partial charge in [0.2, 0.25) is 6.33 Å². The molecule has 0 saturated carbocycles. The van der Waals surface area contributed by atoms with Gasteiger partial charge in [0.1, 0.15) is 20.5 Å². The number of hydrogen-bond donors (Lipinski definition) is 0. The van der Waals surface area contributed by atoms with Crippen LogP contribution >= 0.6 is 8.07 Å². The molecule has 1 aromatic heterocycles. The predicted molar refractivity (Wildman–Crippen MR) is 92.6 cm³/mol. The minimum Gasteiger partial charge on any atom is -0.741 e. The maximum Gasteiger partial charge on any atom is 0.485 e. The molecule has 5 nitrogen and oxygen atoms in total. The zero-order valence-corrected chi connectivity index (χ0v) is 17.6. The standard InChI is InChI=1S/C14H28N2P.CHF3O3S/c1-12(2)15-9-10-16(11-15)17(13(3,4)5)14(6,7)8;2-1(3,4)8(5,6)7/h9-12H,1-8H3;(H,5,6,7)/q+1;/p-1. The number of aromatic nitrogens is 2. The normalized spacial score (nSPS) is 13.8. The van der Waals surface area contributed by atoms with E-state index >= 15 is 0 Å². The van der Waals surface area contributed by atoms with Gasteiger partial charge in [0, 0.05) is 10.3 Å². The van der Waals surface area contributed by atoms with Crippen molar-refractivity contribution in [3.05, 3.63) is 18.7 Å². The van der Waals surface area contributed by atoms with Gasteiger partial charge in [0.25, 0.3) is 0 Å². The van der Waals surface area contributed by atoms with Crippen LogP contribution in [-0.2, 0) is 10.1 Å². The lowest BCUT2D eigenvalue weighted by atomic mass is 10.2. The zero-order valence-electron chi connectivity index (χ0n) is 15.9. The van der Waals surface area contributed by atoms with Crippen molar-refractivity contribution in [1.82, 2.24) is 4.34 Å². The van der Waals surface area contributed by atoms with E-state index in [1.54, 1.807) is 0 Å². The molecule has 1 aromatic rings. The van der Waals surface area contributed by atoms with Crippen LogP contribution in [-0.4, -0.2) is 33.1 Å². The Bertz CT molecular complexity index is 643. The molecule has 0 N–H and O–H groups in total. The van der Waals surface area contributed by atoms with Gasteiger partial charge in [-0.15, -0.1) is 0 Å². The molecule has 0 unspecified atom stereocenters. The topological polar surface area (TPSA) is 66.0 Å². The predicted octanol–water partition coefficient (Wildman–Crippen LogP) is 4.25. The molecule has 0 fully saturated rings. The molecule has 1 rings (SSSR count). The summed E-state index contributed by atoms with van der Waals surface area (Å²) in [4.78, 5) is 0. The molecular weight excluding hydrogens is 376 g/mol. The lowest BCUT2D eigenvalue weighted by molar-refractivity contribution is -0.715. The number of nitrogens with zero attached hydrogens (tertiary/aromatic N) is 2. The Labute approximate surface area is 149 Å². The first kappa shape index (κ1) is 24.3. The van der Waals surface area contributed by atoms with E-state index in [0.29, 0.717) is 16.4 Å². The van der Waals surface area contributed by atoms with E-state index in [0.717, 1.165) is 0 Å². The summed E-state index contributed by atoms with van der Waals surface area (Å²) in [6.07, 6.45) is 6.70. The van der Waals surface area contributed by atoms with Gasteiger partial charge in [-0.25, -0.2) is 17.3 Å².